The number of amides is 1. The van der Waals surface area contributed by atoms with Gasteiger partial charge in [-0.3, -0.25) is 4.79 Å². The number of hydrogen-bond donors (Lipinski definition) is 0. The molecule has 0 aromatic heterocycles. The number of carbonyl (C=O) groups is 1. The highest BCUT2D eigenvalue weighted by Crippen LogP contribution is 2.17. The average molecular weight is 292 g/mol. The van der Waals surface area contributed by atoms with Crippen molar-refractivity contribution in [2.45, 2.75) is 6.92 Å². The van der Waals surface area contributed by atoms with E-state index in [9.17, 15) is 13.6 Å². The number of benzene rings is 1. The Hall–Kier alpha value is -0.970. The number of nitrogens with zero attached hydrogens (tertiary/aromatic N) is 1. The molecule has 0 fully saturated rings. The Morgan fingerprint density at radius 2 is 2.06 bits per heavy atom. The van der Waals surface area contributed by atoms with Crippen LogP contribution in [0, 0.1) is 18.6 Å². The molecule has 0 heterocycles. The molecule has 16 heavy (non-hydrogen) atoms. The van der Waals surface area contributed by atoms with Crippen molar-refractivity contribution in [1.82, 2.24) is 4.90 Å². The summed E-state index contributed by atoms with van der Waals surface area (Å²) in [6.07, 6.45) is 0. The lowest BCUT2D eigenvalue weighted by Gasteiger charge is -2.17. The SMILES string of the molecule is Cc1ccc(F)c(C(=O)N(C)CCBr)c1F. The van der Waals surface area contributed by atoms with E-state index in [1.165, 1.54) is 24.9 Å². The van der Waals surface area contributed by atoms with E-state index in [0.717, 1.165) is 6.07 Å². The summed E-state index contributed by atoms with van der Waals surface area (Å²) in [5.74, 6) is -2.25. The van der Waals surface area contributed by atoms with Crippen molar-refractivity contribution in [3.63, 3.8) is 0 Å². The molecule has 0 spiro atoms. The van der Waals surface area contributed by atoms with E-state index in [2.05, 4.69) is 15.9 Å². The van der Waals surface area contributed by atoms with Crippen LogP contribution in [0.3, 0.4) is 0 Å². The zero-order valence-corrected chi connectivity index (χ0v) is 10.6. The van der Waals surface area contributed by atoms with Crippen LogP contribution in [0.4, 0.5) is 8.78 Å². The molecular formula is C11H12BrF2NO. The van der Waals surface area contributed by atoms with Crippen molar-refractivity contribution in [3.05, 3.63) is 34.9 Å². The Morgan fingerprint density at radius 3 is 2.62 bits per heavy atom. The van der Waals surface area contributed by atoms with Crippen molar-refractivity contribution in [3.8, 4) is 0 Å². The molecule has 1 aromatic rings. The van der Waals surface area contributed by atoms with Gasteiger partial charge in [-0.1, -0.05) is 22.0 Å². The molecule has 5 heteroatoms. The smallest absolute Gasteiger partial charge is 0.259 e. The Bertz CT molecular complexity index is 409. The van der Waals surface area contributed by atoms with Crippen molar-refractivity contribution in [1.29, 1.82) is 0 Å². The number of carbonyl (C=O) groups excluding carboxylic acids is 1. The monoisotopic (exact) mass is 291 g/mol. The third-order valence-corrected chi connectivity index (χ3v) is 2.62. The van der Waals surface area contributed by atoms with Gasteiger partial charge in [-0.15, -0.1) is 0 Å². The quantitative estimate of drug-likeness (QED) is 0.784. The van der Waals surface area contributed by atoms with Crippen LogP contribution in [0.1, 0.15) is 15.9 Å². The first-order valence-electron chi connectivity index (χ1n) is 4.75. The van der Waals surface area contributed by atoms with Gasteiger partial charge in [0.2, 0.25) is 0 Å². The van der Waals surface area contributed by atoms with Crippen molar-refractivity contribution in [2.75, 3.05) is 18.9 Å². The molecule has 0 saturated heterocycles. The molecule has 0 atom stereocenters. The number of aryl methyl sites for hydroxylation is 1. The third-order valence-electron chi connectivity index (χ3n) is 2.26. The van der Waals surface area contributed by atoms with Crippen LogP contribution in [0.2, 0.25) is 0 Å². The second-order valence-electron chi connectivity index (χ2n) is 3.47. The topological polar surface area (TPSA) is 20.3 Å². The minimum Gasteiger partial charge on any atom is -0.341 e. The standard InChI is InChI=1S/C11H12BrF2NO/c1-7-3-4-8(13)9(10(7)14)11(16)15(2)6-5-12/h3-4H,5-6H2,1-2H3. The van der Waals surface area contributed by atoms with E-state index < -0.39 is 23.1 Å². The predicted molar refractivity (Wildman–Crippen MR) is 61.8 cm³/mol. The highest BCUT2D eigenvalue weighted by molar-refractivity contribution is 9.09. The lowest BCUT2D eigenvalue weighted by atomic mass is 10.1. The molecule has 0 unspecified atom stereocenters. The molecule has 0 aliphatic carbocycles. The molecule has 1 rings (SSSR count). The highest BCUT2D eigenvalue weighted by atomic mass is 79.9. The molecule has 0 saturated carbocycles. The Labute approximate surface area is 101 Å². The molecule has 0 aliphatic rings. The average Bonchev–Trinajstić information content (AvgIpc) is 2.24. The van der Waals surface area contributed by atoms with Crippen LogP contribution < -0.4 is 0 Å². The van der Waals surface area contributed by atoms with Gasteiger partial charge >= 0.3 is 0 Å². The number of alkyl halides is 1. The normalized spacial score (nSPS) is 10.3. The van der Waals surface area contributed by atoms with Gasteiger partial charge in [-0.25, -0.2) is 8.78 Å². The van der Waals surface area contributed by atoms with Crippen molar-refractivity contribution < 1.29 is 13.6 Å². The van der Waals surface area contributed by atoms with Gasteiger partial charge in [-0.05, 0) is 18.6 Å². The fourth-order valence-corrected chi connectivity index (χ4v) is 1.80. The minimum atomic E-state index is -0.825. The Morgan fingerprint density at radius 1 is 1.44 bits per heavy atom. The van der Waals surface area contributed by atoms with Gasteiger partial charge in [0, 0.05) is 18.9 Å². The molecule has 0 radical (unpaired) electrons. The molecular weight excluding hydrogens is 280 g/mol. The molecule has 2 nitrogen and oxygen atoms in total. The summed E-state index contributed by atoms with van der Waals surface area (Å²) < 4.78 is 27.0. The molecule has 1 amide bonds. The van der Waals surface area contributed by atoms with Crippen LogP contribution in [-0.2, 0) is 0 Å². The third kappa shape index (κ3) is 2.58. The maximum atomic E-state index is 13.6. The first-order chi connectivity index (χ1) is 7.49. The highest BCUT2D eigenvalue weighted by Gasteiger charge is 2.21. The number of rotatable bonds is 3. The summed E-state index contributed by atoms with van der Waals surface area (Å²) in [5, 5.41) is 0.560. The predicted octanol–water partition coefficient (Wildman–Crippen LogP) is 2.74. The van der Waals surface area contributed by atoms with Crippen molar-refractivity contribution >= 4 is 21.8 Å². The molecule has 0 aliphatic heterocycles. The van der Waals surface area contributed by atoms with Gasteiger partial charge in [0.05, 0.1) is 0 Å². The van der Waals surface area contributed by atoms with Gasteiger partial charge in [0.15, 0.2) is 0 Å². The second-order valence-corrected chi connectivity index (χ2v) is 4.26. The molecule has 0 bridgehead atoms. The van der Waals surface area contributed by atoms with Crippen LogP contribution in [0.25, 0.3) is 0 Å². The molecule has 88 valence electrons. The first kappa shape index (κ1) is 13.1. The summed E-state index contributed by atoms with van der Waals surface area (Å²) in [6, 6.07) is 2.42. The molecule has 1 aromatic carbocycles. The maximum Gasteiger partial charge on any atom is 0.259 e. The Balaban J connectivity index is 3.12. The van der Waals surface area contributed by atoms with E-state index in [4.69, 9.17) is 0 Å². The van der Waals surface area contributed by atoms with Gasteiger partial charge in [-0.2, -0.15) is 0 Å². The van der Waals surface area contributed by atoms with Crippen molar-refractivity contribution in [2.24, 2.45) is 0 Å². The first-order valence-corrected chi connectivity index (χ1v) is 5.87. The lowest BCUT2D eigenvalue weighted by molar-refractivity contribution is 0.0794. The fraction of sp³-hybridized carbons (Fsp3) is 0.364. The fourth-order valence-electron chi connectivity index (χ4n) is 1.27. The molecule has 0 N–H and O–H groups in total. The van der Waals surface area contributed by atoms with Crippen LogP contribution in [-0.4, -0.2) is 29.7 Å². The summed E-state index contributed by atoms with van der Waals surface area (Å²) in [7, 11) is 1.50. The van der Waals surface area contributed by atoms with E-state index in [0.29, 0.717) is 11.9 Å². The summed E-state index contributed by atoms with van der Waals surface area (Å²) in [5.41, 5.74) is -0.222. The largest absolute Gasteiger partial charge is 0.341 e. The second kappa shape index (κ2) is 5.39. The van der Waals surface area contributed by atoms with Crippen LogP contribution >= 0.6 is 15.9 Å². The zero-order valence-electron chi connectivity index (χ0n) is 9.06. The van der Waals surface area contributed by atoms with E-state index in [1.807, 2.05) is 0 Å². The number of halogens is 3. The maximum absolute atomic E-state index is 13.6. The van der Waals surface area contributed by atoms with E-state index in [-0.39, 0.29) is 5.56 Å². The lowest BCUT2D eigenvalue weighted by Crippen LogP contribution is -2.30. The Kier molecular flexibility index (Phi) is 4.41. The summed E-state index contributed by atoms with van der Waals surface area (Å²) >= 11 is 3.16. The summed E-state index contributed by atoms with van der Waals surface area (Å²) in [4.78, 5) is 13.0. The van der Waals surface area contributed by atoms with Crippen LogP contribution in [0.15, 0.2) is 12.1 Å². The van der Waals surface area contributed by atoms with Gasteiger partial charge < -0.3 is 4.90 Å². The number of hydrogen-bond acceptors (Lipinski definition) is 1. The van der Waals surface area contributed by atoms with Gasteiger partial charge in [0.25, 0.3) is 5.91 Å². The zero-order chi connectivity index (χ0) is 12.3. The van der Waals surface area contributed by atoms with Crippen LogP contribution in [0.5, 0.6) is 0 Å². The van der Waals surface area contributed by atoms with E-state index in [1.54, 1.807) is 0 Å². The minimum absolute atomic E-state index is 0.261. The van der Waals surface area contributed by atoms with Gasteiger partial charge in [0.1, 0.15) is 17.2 Å². The van der Waals surface area contributed by atoms with E-state index >= 15 is 0 Å². The summed E-state index contributed by atoms with van der Waals surface area (Å²) in [6.45, 7) is 1.89.